The van der Waals surface area contributed by atoms with Gasteiger partial charge >= 0.3 is 0 Å². The minimum Gasteiger partial charge on any atom is -0.483 e. The van der Waals surface area contributed by atoms with Gasteiger partial charge in [-0.3, -0.25) is 14.8 Å². The fourth-order valence-electron chi connectivity index (χ4n) is 5.06. The molecule has 0 amide bonds. The number of aliphatic hydroxyl groups is 1. The van der Waals surface area contributed by atoms with Gasteiger partial charge in [0.2, 0.25) is 0 Å². The molecule has 44 heavy (non-hydrogen) atoms. The standard InChI is InChI=1S/C28H35N5S.C4H10O.C2H4.CH2O2/c1-8-24-21(4)27-28-25(26(24)22-11-9-19(2)10-12-22)15-20(3)33(28)14-13-32(27)18-30-17-23(16-29-5)31(6)34-7;1-4(2,3)5;1-2;2-1-3/h9-12,15-17H,5,8,13-14,18H2,1-4,6-7H3;5H,1-3H3;1-2H2;1H,(H,2,3)/b23-16+,30-17-;;;. The van der Waals surface area contributed by atoms with E-state index in [9.17, 15) is 0 Å². The Labute approximate surface area is 268 Å². The van der Waals surface area contributed by atoms with Crippen molar-refractivity contribution in [2.45, 2.75) is 67.0 Å². The monoisotopic (exact) mass is 621 g/mol. The molecular weight excluding hydrogens is 570 g/mol. The molecule has 0 saturated heterocycles. The molecule has 0 saturated carbocycles. The highest BCUT2D eigenvalue weighted by Gasteiger charge is 2.27. The first-order chi connectivity index (χ1) is 20.8. The number of nitrogens with zero attached hydrogens (tertiary/aromatic N) is 5. The number of aliphatic imine (C=N–C) groups is 2. The Morgan fingerprint density at radius 2 is 1.70 bits per heavy atom. The molecule has 240 valence electrons. The highest BCUT2D eigenvalue weighted by Crippen LogP contribution is 2.44. The van der Waals surface area contributed by atoms with E-state index < -0.39 is 5.60 Å². The van der Waals surface area contributed by atoms with E-state index in [-0.39, 0.29) is 6.47 Å². The molecule has 0 radical (unpaired) electrons. The van der Waals surface area contributed by atoms with Crippen LogP contribution in [0, 0.1) is 20.8 Å². The number of aryl methyl sites for hydroxylation is 2. The first-order valence-electron chi connectivity index (χ1n) is 14.5. The van der Waals surface area contributed by atoms with Crippen molar-refractivity contribution in [1.82, 2.24) is 8.87 Å². The van der Waals surface area contributed by atoms with Gasteiger partial charge in [-0.15, -0.1) is 13.2 Å². The number of allylic oxidation sites excluding steroid dienone is 1. The van der Waals surface area contributed by atoms with E-state index in [4.69, 9.17) is 20.0 Å². The topological polar surface area (TPSA) is 93.7 Å². The minimum absolute atomic E-state index is 0.250. The summed E-state index contributed by atoms with van der Waals surface area (Å²) in [7, 11) is 2.01. The summed E-state index contributed by atoms with van der Waals surface area (Å²) in [5.41, 5.74) is 11.2. The Hall–Kier alpha value is -3.82. The Kier molecular flexibility index (Phi) is 15.7. The largest absolute Gasteiger partial charge is 0.483 e. The van der Waals surface area contributed by atoms with Crippen molar-refractivity contribution in [3.05, 3.63) is 77.8 Å². The Balaban J connectivity index is 0.000000853. The van der Waals surface area contributed by atoms with Gasteiger partial charge in [0, 0.05) is 43.7 Å². The summed E-state index contributed by atoms with van der Waals surface area (Å²) < 4.78 is 4.53. The van der Waals surface area contributed by atoms with Crippen LogP contribution in [0.4, 0.5) is 5.69 Å². The quantitative estimate of drug-likeness (QED) is 0.116. The number of hydrogen-bond acceptors (Lipinski definition) is 7. The van der Waals surface area contributed by atoms with E-state index in [1.807, 2.05) is 23.8 Å². The van der Waals surface area contributed by atoms with Crippen LogP contribution in [0.2, 0.25) is 0 Å². The van der Waals surface area contributed by atoms with Gasteiger partial charge in [0.25, 0.3) is 6.47 Å². The molecule has 0 atom stereocenters. The lowest BCUT2D eigenvalue weighted by Crippen LogP contribution is -2.33. The first kappa shape index (κ1) is 38.2. The van der Waals surface area contributed by atoms with Crippen molar-refractivity contribution >= 4 is 47.9 Å². The van der Waals surface area contributed by atoms with Gasteiger partial charge in [-0.2, -0.15) is 0 Å². The van der Waals surface area contributed by atoms with E-state index in [2.05, 4.69) is 92.4 Å². The van der Waals surface area contributed by atoms with Crippen LogP contribution in [-0.4, -0.2) is 70.6 Å². The molecule has 2 aromatic carbocycles. The van der Waals surface area contributed by atoms with Crippen LogP contribution in [0.25, 0.3) is 22.0 Å². The molecule has 0 unspecified atom stereocenters. The third-order valence-corrected chi connectivity index (χ3v) is 7.61. The maximum atomic E-state index is 8.52. The number of benzene rings is 2. The van der Waals surface area contributed by atoms with Crippen molar-refractivity contribution in [2.24, 2.45) is 9.98 Å². The second kappa shape index (κ2) is 18.1. The van der Waals surface area contributed by atoms with E-state index in [1.54, 1.807) is 38.9 Å². The summed E-state index contributed by atoms with van der Waals surface area (Å²) in [6, 6.07) is 11.4. The summed E-state index contributed by atoms with van der Waals surface area (Å²) in [5.74, 6) is 0. The molecule has 4 rings (SSSR count). The average Bonchev–Trinajstić information content (AvgIpc) is 3.31. The summed E-state index contributed by atoms with van der Waals surface area (Å²) in [4.78, 5) is 19.6. The van der Waals surface area contributed by atoms with Crippen LogP contribution >= 0.6 is 11.9 Å². The summed E-state index contributed by atoms with van der Waals surface area (Å²) in [5, 5.41) is 16.8. The smallest absolute Gasteiger partial charge is 0.290 e. The van der Waals surface area contributed by atoms with Gasteiger partial charge in [-0.05, 0) is 83.0 Å². The van der Waals surface area contributed by atoms with Crippen molar-refractivity contribution in [2.75, 3.05) is 31.4 Å². The number of carbonyl (C=O) groups is 1. The fourth-order valence-corrected chi connectivity index (χ4v) is 5.37. The zero-order chi connectivity index (χ0) is 33.6. The van der Waals surface area contributed by atoms with Crippen LogP contribution in [0.5, 0.6) is 0 Å². The molecule has 2 heterocycles. The predicted octanol–water partition coefficient (Wildman–Crippen LogP) is 7.68. The van der Waals surface area contributed by atoms with Crippen molar-refractivity contribution in [1.29, 1.82) is 0 Å². The Morgan fingerprint density at radius 1 is 1.14 bits per heavy atom. The molecule has 0 spiro atoms. The molecule has 1 aliphatic rings. The highest BCUT2D eigenvalue weighted by molar-refractivity contribution is 7.96. The number of rotatable bonds is 8. The predicted molar refractivity (Wildman–Crippen MR) is 192 cm³/mol. The minimum atomic E-state index is -0.500. The number of anilines is 1. The SMILES string of the molecule is C=C.C=N/C=C(\C=N/CN1CCn2c(C)cc3c(-c4ccc(C)cc4)c(CC)c(C)c1c32)N(C)SC.CC(C)(C)O.O=CO. The van der Waals surface area contributed by atoms with Crippen LogP contribution in [-0.2, 0) is 17.8 Å². The van der Waals surface area contributed by atoms with Gasteiger partial charge in [-0.1, -0.05) is 48.7 Å². The molecule has 8 nitrogen and oxygen atoms in total. The second-order valence-corrected chi connectivity index (χ2v) is 12.1. The lowest BCUT2D eigenvalue weighted by atomic mass is 9.89. The molecule has 2 N–H and O–H groups in total. The normalized spacial score (nSPS) is 12.4. The molecule has 0 aliphatic carbocycles. The lowest BCUT2D eigenvalue weighted by molar-refractivity contribution is -0.122. The summed E-state index contributed by atoms with van der Waals surface area (Å²) in [6.45, 7) is 26.0. The van der Waals surface area contributed by atoms with Crippen LogP contribution < -0.4 is 4.90 Å². The molecule has 9 heteroatoms. The number of carboxylic acid groups (broad SMARTS) is 1. The van der Waals surface area contributed by atoms with E-state index in [0.29, 0.717) is 6.67 Å². The molecule has 1 aromatic heterocycles. The van der Waals surface area contributed by atoms with E-state index in [1.165, 1.54) is 50.1 Å². The molecule has 3 aromatic rings. The van der Waals surface area contributed by atoms with Crippen LogP contribution in [0.1, 0.15) is 50.1 Å². The maximum Gasteiger partial charge on any atom is 0.290 e. The zero-order valence-corrected chi connectivity index (χ0v) is 28.8. The Bertz CT molecular complexity index is 1430. The van der Waals surface area contributed by atoms with E-state index >= 15 is 0 Å². The molecule has 0 bridgehead atoms. The van der Waals surface area contributed by atoms with Gasteiger partial charge in [0.1, 0.15) is 6.67 Å². The fraction of sp³-hybridized carbons (Fsp3) is 0.400. The summed E-state index contributed by atoms with van der Waals surface area (Å²) >= 11 is 1.62. The maximum absolute atomic E-state index is 8.52. The average molecular weight is 622 g/mol. The third-order valence-electron chi connectivity index (χ3n) is 6.85. The second-order valence-electron chi connectivity index (χ2n) is 11.2. The number of hydrogen-bond donors (Lipinski definition) is 2. The van der Waals surface area contributed by atoms with E-state index in [0.717, 1.165) is 25.2 Å². The lowest BCUT2D eigenvalue weighted by Gasteiger charge is -2.33. The van der Waals surface area contributed by atoms with Gasteiger partial charge in [-0.25, -0.2) is 0 Å². The zero-order valence-electron chi connectivity index (χ0n) is 28.0. The molecule has 1 aliphatic heterocycles. The summed E-state index contributed by atoms with van der Waals surface area (Å²) in [6.07, 6.45) is 6.68. The third kappa shape index (κ3) is 10.1. The van der Waals surface area contributed by atoms with Gasteiger partial charge < -0.3 is 24.0 Å². The first-order valence-corrected chi connectivity index (χ1v) is 15.7. The Morgan fingerprint density at radius 3 is 2.20 bits per heavy atom. The molecular formula is C35H51N5O3S. The number of aromatic nitrogens is 1. The van der Waals surface area contributed by atoms with Crippen molar-refractivity contribution < 1.29 is 15.0 Å². The molecule has 0 fully saturated rings. The highest BCUT2D eigenvalue weighted by atomic mass is 32.2. The van der Waals surface area contributed by atoms with Crippen molar-refractivity contribution in [3.8, 4) is 11.1 Å². The van der Waals surface area contributed by atoms with Gasteiger partial charge in [0.15, 0.2) is 0 Å². The van der Waals surface area contributed by atoms with Crippen molar-refractivity contribution in [3.63, 3.8) is 0 Å². The van der Waals surface area contributed by atoms with Crippen LogP contribution in [0.3, 0.4) is 0 Å². The van der Waals surface area contributed by atoms with Crippen LogP contribution in [0.15, 0.2) is 65.4 Å². The van der Waals surface area contributed by atoms with Gasteiger partial charge in [0.05, 0.1) is 28.7 Å².